The molecule has 0 saturated heterocycles. The summed E-state index contributed by atoms with van der Waals surface area (Å²) >= 11 is 0. The molecule has 0 bridgehead atoms. The van der Waals surface area contributed by atoms with Gasteiger partial charge in [-0.15, -0.1) is 0 Å². The van der Waals surface area contributed by atoms with Crippen LogP contribution in [0, 0.1) is 17.0 Å². The molecule has 3 N–H and O–H groups in total. The molecule has 7 nitrogen and oxygen atoms in total. The minimum atomic E-state index is -4.77. The van der Waals surface area contributed by atoms with E-state index in [0.29, 0.717) is 5.65 Å². The zero-order valence-electron chi connectivity index (χ0n) is 15.7. The van der Waals surface area contributed by atoms with Gasteiger partial charge in [0.25, 0.3) is 0 Å². The van der Waals surface area contributed by atoms with Crippen LogP contribution >= 0.6 is 0 Å². The fraction of sp³-hybridized carbons (Fsp3) is 0.333. The molecule has 1 atom stereocenters. The maximum Gasteiger partial charge on any atom is 0.395 e. The van der Waals surface area contributed by atoms with Crippen molar-refractivity contribution in [3.8, 4) is 11.4 Å². The van der Waals surface area contributed by atoms with Gasteiger partial charge in [0.2, 0.25) is 0 Å². The number of carboxylic acids is 1. The molecule has 0 radical (unpaired) electrons. The predicted molar refractivity (Wildman–Crippen MR) is 96.5 cm³/mol. The van der Waals surface area contributed by atoms with Gasteiger partial charge in [-0.1, -0.05) is 0 Å². The van der Waals surface area contributed by atoms with Crippen LogP contribution in [0.25, 0.3) is 22.4 Å². The van der Waals surface area contributed by atoms with Gasteiger partial charge in [0, 0.05) is 17.1 Å². The van der Waals surface area contributed by atoms with Crippen LogP contribution in [0.15, 0.2) is 24.7 Å². The number of hydrogen-bond acceptors (Lipinski definition) is 5. The molecule has 0 spiro atoms. The maximum absolute atomic E-state index is 14.3. The zero-order chi connectivity index (χ0) is 22.3. The van der Waals surface area contributed by atoms with E-state index in [-0.39, 0.29) is 16.8 Å². The van der Waals surface area contributed by atoms with Gasteiger partial charge in [0.15, 0.2) is 17.5 Å². The van der Waals surface area contributed by atoms with E-state index in [4.69, 9.17) is 5.11 Å². The standard InChI is InChI=1S/C18H16F5N5O2/c1-17(2,18(21,22)23)12(4-13(29)30)27-16-11(20)7-26-15(28-16)10-6-25-14-9(10)3-8(19)5-24-14/h3,5-7,12H,4H2,1-2H3,(H,24,25)(H,29,30)(H,26,27,28). The van der Waals surface area contributed by atoms with Crippen LogP contribution < -0.4 is 5.32 Å². The van der Waals surface area contributed by atoms with E-state index in [1.165, 1.54) is 6.20 Å². The second-order valence-corrected chi connectivity index (χ2v) is 7.16. The molecule has 0 aliphatic carbocycles. The first-order chi connectivity index (χ1) is 13.9. The van der Waals surface area contributed by atoms with E-state index >= 15 is 0 Å². The highest BCUT2D eigenvalue weighted by molar-refractivity contribution is 5.91. The van der Waals surface area contributed by atoms with Gasteiger partial charge in [-0.25, -0.2) is 23.7 Å². The monoisotopic (exact) mass is 429 g/mol. The van der Waals surface area contributed by atoms with Crippen LogP contribution in [0.3, 0.4) is 0 Å². The number of nitrogens with zero attached hydrogens (tertiary/aromatic N) is 3. The van der Waals surface area contributed by atoms with Crippen molar-refractivity contribution in [2.24, 2.45) is 5.41 Å². The molecular formula is C18H16F5N5O2. The molecule has 0 aliphatic rings. The summed E-state index contributed by atoms with van der Waals surface area (Å²) in [5.41, 5.74) is -1.97. The van der Waals surface area contributed by atoms with Gasteiger partial charge in [0.1, 0.15) is 11.5 Å². The van der Waals surface area contributed by atoms with Gasteiger partial charge < -0.3 is 15.4 Å². The fourth-order valence-electron chi connectivity index (χ4n) is 2.78. The Hall–Kier alpha value is -3.31. The summed E-state index contributed by atoms with van der Waals surface area (Å²) in [4.78, 5) is 25.4. The van der Waals surface area contributed by atoms with Gasteiger partial charge in [-0.3, -0.25) is 4.79 Å². The lowest BCUT2D eigenvalue weighted by Crippen LogP contribution is -2.48. The first-order valence-corrected chi connectivity index (χ1v) is 8.60. The number of nitrogens with one attached hydrogen (secondary N) is 2. The summed E-state index contributed by atoms with van der Waals surface area (Å²) in [6, 6.07) is -0.581. The van der Waals surface area contributed by atoms with Crippen molar-refractivity contribution in [3.63, 3.8) is 0 Å². The quantitative estimate of drug-likeness (QED) is 0.509. The van der Waals surface area contributed by atoms with E-state index in [0.717, 1.165) is 32.3 Å². The molecule has 0 aliphatic heterocycles. The van der Waals surface area contributed by atoms with Crippen molar-refractivity contribution >= 4 is 22.8 Å². The van der Waals surface area contributed by atoms with E-state index in [9.17, 15) is 26.7 Å². The first-order valence-electron chi connectivity index (χ1n) is 8.60. The Bertz CT molecular complexity index is 1100. The lowest BCUT2D eigenvalue weighted by atomic mass is 9.81. The van der Waals surface area contributed by atoms with Crippen molar-refractivity contribution in [3.05, 3.63) is 36.3 Å². The van der Waals surface area contributed by atoms with Crippen molar-refractivity contribution in [1.29, 1.82) is 0 Å². The van der Waals surface area contributed by atoms with Crippen LogP contribution in [0.5, 0.6) is 0 Å². The number of halogens is 5. The van der Waals surface area contributed by atoms with Crippen molar-refractivity contribution in [1.82, 2.24) is 19.9 Å². The Morgan fingerprint density at radius 2 is 1.93 bits per heavy atom. The molecule has 1 unspecified atom stereocenters. The molecule has 0 amide bonds. The summed E-state index contributed by atoms with van der Waals surface area (Å²) in [6.07, 6.45) is -2.60. The average Bonchev–Trinajstić information content (AvgIpc) is 3.04. The second kappa shape index (κ2) is 7.50. The fourth-order valence-corrected chi connectivity index (χ4v) is 2.78. The lowest BCUT2D eigenvalue weighted by molar-refractivity contribution is -0.217. The summed E-state index contributed by atoms with van der Waals surface area (Å²) in [6.45, 7) is 1.61. The third kappa shape index (κ3) is 4.02. The number of pyridine rings is 1. The number of alkyl halides is 3. The Morgan fingerprint density at radius 3 is 2.57 bits per heavy atom. The van der Waals surface area contributed by atoms with Crippen LogP contribution in [0.1, 0.15) is 20.3 Å². The molecule has 3 aromatic rings. The number of fused-ring (bicyclic) bond motifs is 1. The number of hydrogen-bond donors (Lipinski definition) is 3. The number of aromatic nitrogens is 4. The molecule has 3 aromatic heterocycles. The number of aliphatic carboxylic acids is 1. The SMILES string of the molecule is CC(C)(C(CC(=O)O)Nc1nc(-c2c[nH]c3ncc(F)cc23)ncc1F)C(F)(F)F. The first kappa shape index (κ1) is 21.4. The molecule has 0 aromatic carbocycles. The number of carbonyl (C=O) groups is 1. The summed E-state index contributed by atoms with van der Waals surface area (Å²) in [5.74, 6) is -3.94. The molecule has 0 fully saturated rings. The minimum Gasteiger partial charge on any atom is -0.481 e. The zero-order valence-corrected chi connectivity index (χ0v) is 15.7. The number of anilines is 1. The van der Waals surface area contributed by atoms with Gasteiger partial charge in [-0.2, -0.15) is 13.2 Å². The van der Waals surface area contributed by atoms with E-state index < -0.39 is 47.5 Å². The highest BCUT2D eigenvalue weighted by Gasteiger charge is 2.53. The van der Waals surface area contributed by atoms with E-state index in [2.05, 4.69) is 25.3 Å². The third-order valence-electron chi connectivity index (χ3n) is 4.77. The van der Waals surface area contributed by atoms with Crippen LogP contribution in [-0.4, -0.2) is 43.2 Å². The van der Waals surface area contributed by atoms with Crippen molar-refractivity contribution in [2.75, 3.05) is 5.32 Å². The van der Waals surface area contributed by atoms with E-state index in [1.54, 1.807) is 0 Å². The summed E-state index contributed by atoms with van der Waals surface area (Å²) in [5, 5.41) is 11.6. The molecule has 12 heteroatoms. The Balaban J connectivity index is 2.03. The Kier molecular flexibility index (Phi) is 5.35. The van der Waals surface area contributed by atoms with Crippen LogP contribution in [0.2, 0.25) is 0 Å². The van der Waals surface area contributed by atoms with Crippen molar-refractivity contribution < 1.29 is 31.9 Å². The third-order valence-corrected chi connectivity index (χ3v) is 4.77. The Labute approximate surface area is 166 Å². The second-order valence-electron chi connectivity index (χ2n) is 7.16. The Morgan fingerprint density at radius 1 is 1.23 bits per heavy atom. The van der Waals surface area contributed by atoms with Gasteiger partial charge in [-0.05, 0) is 19.9 Å². The molecule has 160 valence electrons. The molecule has 3 rings (SSSR count). The molecule has 0 saturated carbocycles. The van der Waals surface area contributed by atoms with Crippen molar-refractivity contribution in [2.45, 2.75) is 32.5 Å². The summed E-state index contributed by atoms with van der Waals surface area (Å²) in [7, 11) is 0. The normalized spacial score (nSPS) is 13.4. The number of aromatic amines is 1. The molecule has 30 heavy (non-hydrogen) atoms. The topological polar surface area (TPSA) is 104 Å². The smallest absolute Gasteiger partial charge is 0.395 e. The predicted octanol–water partition coefficient (Wildman–Crippen LogP) is 4.14. The molecule has 3 heterocycles. The number of carboxylic acid groups (broad SMARTS) is 1. The van der Waals surface area contributed by atoms with Crippen LogP contribution in [0.4, 0.5) is 27.8 Å². The number of rotatable bonds is 6. The minimum absolute atomic E-state index is 0.114. The maximum atomic E-state index is 14.3. The molecular weight excluding hydrogens is 413 g/mol. The summed E-state index contributed by atoms with van der Waals surface area (Å²) < 4.78 is 68.2. The highest BCUT2D eigenvalue weighted by Crippen LogP contribution is 2.42. The van der Waals surface area contributed by atoms with E-state index in [1.807, 2.05) is 0 Å². The lowest BCUT2D eigenvalue weighted by Gasteiger charge is -2.36. The largest absolute Gasteiger partial charge is 0.481 e. The van der Waals surface area contributed by atoms with Gasteiger partial charge >= 0.3 is 12.1 Å². The number of H-pyrrole nitrogens is 1. The van der Waals surface area contributed by atoms with Crippen LogP contribution in [-0.2, 0) is 4.79 Å². The highest BCUT2D eigenvalue weighted by atomic mass is 19.4. The van der Waals surface area contributed by atoms with Gasteiger partial charge in [0.05, 0.1) is 30.3 Å². The average molecular weight is 429 g/mol.